The molecule has 1 aliphatic rings. The van der Waals surface area contributed by atoms with E-state index in [1.54, 1.807) is 6.07 Å². The number of aryl methyl sites for hydroxylation is 1. The van der Waals surface area contributed by atoms with E-state index in [4.69, 9.17) is 11.6 Å². The molecule has 0 aliphatic heterocycles. The lowest BCUT2D eigenvalue weighted by molar-refractivity contribution is 0.188. The van der Waals surface area contributed by atoms with Crippen molar-refractivity contribution in [3.05, 3.63) is 62.0 Å². The molecule has 25 heavy (non-hydrogen) atoms. The Morgan fingerprint density at radius 1 is 1.36 bits per heavy atom. The summed E-state index contributed by atoms with van der Waals surface area (Å²) in [6.45, 7) is 4.75. The Hall–Kier alpha value is -1.76. The van der Waals surface area contributed by atoms with Crippen LogP contribution in [-0.2, 0) is 6.54 Å². The molecule has 0 spiro atoms. The summed E-state index contributed by atoms with van der Waals surface area (Å²) >= 11 is 7.46. The van der Waals surface area contributed by atoms with Crippen LogP contribution >= 0.6 is 22.9 Å². The van der Waals surface area contributed by atoms with E-state index < -0.39 is 0 Å². The highest BCUT2D eigenvalue weighted by Crippen LogP contribution is 2.35. The molecule has 5 nitrogen and oxygen atoms in total. The Labute approximate surface area is 154 Å². The zero-order chi connectivity index (χ0) is 17.6. The van der Waals surface area contributed by atoms with Crippen LogP contribution in [0.4, 0.5) is 0 Å². The molecule has 1 saturated carbocycles. The van der Waals surface area contributed by atoms with Crippen LogP contribution in [0.15, 0.2) is 35.1 Å². The smallest absolute Gasteiger partial charge is 0.275 e. The second-order valence-corrected chi connectivity index (χ2v) is 8.13. The molecular weight excluding hydrogens is 356 g/mol. The second-order valence-electron chi connectivity index (χ2n) is 6.53. The highest BCUT2D eigenvalue weighted by Gasteiger charge is 2.33. The number of hydrogen-bond acceptors (Lipinski definition) is 5. The van der Waals surface area contributed by atoms with Gasteiger partial charge in [-0.15, -0.1) is 0 Å². The lowest BCUT2D eigenvalue weighted by Crippen LogP contribution is -2.30. The molecule has 4 rings (SSSR count). The molecule has 7 heteroatoms. The Morgan fingerprint density at radius 2 is 2.08 bits per heavy atom. The summed E-state index contributed by atoms with van der Waals surface area (Å²) in [7, 11) is 0. The third-order valence-electron chi connectivity index (χ3n) is 4.61. The molecule has 1 aromatic carbocycles. The summed E-state index contributed by atoms with van der Waals surface area (Å²) < 4.78 is 1.38. The van der Waals surface area contributed by atoms with Gasteiger partial charge in [-0.05, 0) is 44.4 Å². The molecule has 1 unspecified atom stereocenters. The zero-order valence-corrected chi connectivity index (χ0v) is 15.7. The standard InChI is InChI=1S/C18H19ClN4OS/c1-11(13-3-5-14(19)6-4-13)22(16-7-8-16)10-15-9-17(24)23-18(20-15)25-12(2)21-23/h3-6,9,11,16H,7-8,10H2,1-2H3. The van der Waals surface area contributed by atoms with E-state index in [2.05, 4.69) is 34.0 Å². The van der Waals surface area contributed by atoms with Crippen molar-refractivity contribution < 1.29 is 0 Å². The lowest BCUT2D eigenvalue weighted by atomic mass is 10.1. The van der Waals surface area contributed by atoms with E-state index >= 15 is 0 Å². The molecule has 0 amide bonds. The summed E-state index contributed by atoms with van der Waals surface area (Å²) in [5.41, 5.74) is 1.92. The number of hydrogen-bond donors (Lipinski definition) is 0. The highest BCUT2D eigenvalue weighted by atomic mass is 35.5. The van der Waals surface area contributed by atoms with E-state index in [-0.39, 0.29) is 11.6 Å². The Bertz CT molecular complexity index is 961. The number of aromatic nitrogens is 3. The summed E-state index contributed by atoms with van der Waals surface area (Å²) in [5, 5.41) is 5.79. The molecule has 0 bridgehead atoms. The summed E-state index contributed by atoms with van der Waals surface area (Å²) in [6.07, 6.45) is 2.39. The van der Waals surface area contributed by atoms with Crippen LogP contribution in [0.5, 0.6) is 0 Å². The molecule has 0 N–H and O–H groups in total. The van der Waals surface area contributed by atoms with Gasteiger partial charge in [-0.2, -0.15) is 9.61 Å². The predicted molar refractivity (Wildman–Crippen MR) is 100 cm³/mol. The maximum atomic E-state index is 12.3. The predicted octanol–water partition coefficient (Wildman–Crippen LogP) is 3.84. The fourth-order valence-electron chi connectivity index (χ4n) is 3.14. The van der Waals surface area contributed by atoms with Gasteiger partial charge in [-0.1, -0.05) is 35.1 Å². The van der Waals surface area contributed by atoms with Gasteiger partial charge in [0.25, 0.3) is 5.56 Å². The van der Waals surface area contributed by atoms with Crippen LogP contribution in [0.1, 0.15) is 42.1 Å². The van der Waals surface area contributed by atoms with Crippen LogP contribution < -0.4 is 5.56 Å². The van der Waals surface area contributed by atoms with Crippen molar-refractivity contribution >= 4 is 27.9 Å². The fourth-order valence-corrected chi connectivity index (χ4v) is 4.03. The van der Waals surface area contributed by atoms with E-state index in [0.29, 0.717) is 17.5 Å². The van der Waals surface area contributed by atoms with Gasteiger partial charge < -0.3 is 0 Å². The van der Waals surface area contributed by atoms with Crippen molar-refractivity contribution in [2.24, 2.45) is 0 Å². The minimum Gasteiger partial charge on any atom is -0.288 e. The first kappa shape index (κ1) is 16.7. The largest absolute Gasteiger partial charge is 0.288 e. The second kappa shape index (κ2) is 6.52. The van der Waals surface area contributed by atoms with Gasteiger partial charge in [0.05, 0.1) is 5.69 Å². The first-order chi connectivity index (χ1) is 12.0. The first-order valence-corrected chi connectivity index (χ1v) is 9.58. The first-order valence-electron chi connectivity index (χ1n) is 8.39. The van der Waals surface area contributed by atoms with E-state index in [9.17, 15) is 4.79 Å². The normalized spacial score (nSPS) is 15.8. The molecule has 2 heterocycles. The molecule has 3 aromatic rings. The topological polar surface area (TPSA) is 50.5 Å². The van der Waals surface area contributed by atoms with Crippen LogP contribution in [0.3, 0.4) is 0 Å². The third-order valence-corrected chi connectivity index (χ3v) is 5.69. The number of rotatable bonds is 5. The van der Waals surface area contributed by atoms with Crippen LogP contribution in [0.2, 0.25) is 5.02 Å². The van der Waals surface area contributed by atoms with Gasteiger partial charge in [-0.25, -0.2) is 4.98 Å². The lowest BCUT2D eigenvalue weighted by Gasteiger charge is -2.29. The summed E-state index contributed by atoms with van der Waals surface area (Å²) in [6, 6.07) is 10.4. The monoisotopic (exact) mass is 374 g/mol. The molecule has 2 aromatic heterocycles. The highest BCUT2D eigenvalue weighted by molar-refractivity contribution is 7.16. The van der Waals surface area contributed by atoms with Gasteiger partial charge in [-0.3, -0.25) is 9.69 Å². The number of nitrogens with zero attached hydrogens (tertiary/aromatic N) is 4. The molecule has 1 fully saturated rings. The number of benzene rings is 1. The number of fused-ring (bicyclic) bond motifs is 1. The Morgan fingerprint density at radius 3 is 2.76 bits per heavy atom. The quantitative estimate of drug-likeness (QED) is 0.680. The fraction of sp³-hybridized carbons (Fsp3) is 0.389. The summed E-state index contributed by atoms with van der Waals surface area (Å²) in [4.78, 5) is 20.0. The average Bonchev–Trinajstić information content (AvgIpc) is 3.34. The van der Waals surface area contributed by atoms with Crippen molar-refractivity contribution in [3.63, 3.8) is 0 Å². The number of halogens is 1. The average molecular weight is 375 g/mol. The van der Waals surface area contributed by atoms with Gasteiger partial charge in [0.1, 0.15) is 5.01 Å². The van der Waals surface area contributed by atoms with Crippen molar-refractivity contribution in [3.8, 4) is 0 Å². The van der Waals surface area contributed by atoms with Gasteiger partial charge in [0.15, 0.2) is 0 Å². The van der Waals surface area contributed by atoms with E-state index in [0.717, 1.165) is 15.7 Å². The molecule has 1 atom stereocenters. The zero-order valence-electron chi connectivity index (χ0n) is 14.1. The van der Waals surface area contributed by atoms with E-state index in [1.165, 1.54) is 34.3 Å². The van der Waals surface area contributed by atoms with Crippen molar-refractivity contribution in [1.82, 2.24) is 19.5 Å². The van der Waals surface area contributed by atoms with E-state index in [1.807, 2.05) is 19.1 Å². The summed E-state index contributed by atoms with van der Waals surface area (Å²) in [5.74, 6) is 0. The van der Waals surface area contributed by atoms with Crippen LogP contribution in [0, 0.1) is 6.92 Å². The third kappa shape index (κ3) is 3.47. The maximum absolute atomic E-state index is 12.3. The Balaban J connectivity index is 1.64. The van der Waals surface area contributed by atoms with Gasteiger partial charge in [0, 0.05) is 29.7 Å². The van der Waals surface area contributed by atoms with Gasteiger partial charge in [0.2, 0.25) is 4.96 Å². The van der Waals surface area contributed by atoms with Crippen molar-refractivity contribution in [2.45, 2.75) is 45.3 Å². The minimum absolute atomic E-state index is 0.112. The Kier molecular flexibility index (Phi) is 4.35. The van der Waals surface area contributed by atoms with Crippen molar-refractivity contribution in [2.75, 3.05) is 0 Å². The van der Waals surface area contributed by atoms with Crippen molar-refractivity contribution in [1.29, 1.82) is 0 Å². The molecular formula is C18H19ClN4OS. The minimum atomic E-state index is -0.112. The SMILES string of the molecule is Cc1nn2c(=O)cc(CN(C3CC3)C(C)c3ccc(Cl)cc3)nc2s1. The molecule has 1 aliphatic carbocycles. The van der Waals surface area contributed by atoms with Crippen LogP contribution in [0.25, 0.3) is 4.96 Å². The van der Waals surface area contributed by atoms with Crippen LogP contribution in [-0.4, -0.2) is 25.5 Å². The molecule has 0 radical (unpaired) electrons. The molecule has 130 valence electrons. The molecule has 0 saturated heterocycles. The van der Waals surface area contributed by atoms with Gasteiger partial charge >= 0.3 is 0 Å². The maximum Gasteiger partial charge on any atom is 0.275 e.